The van der Waals surface area contributed by atoms with Crippen molar-refractivity contribution >= 4 is 21.8 Å². The van der Waals surface area contributed by atoms with Gasteiger partial charge in [0.1, 0.15) is 5.82 Å². The van der Waals surface area contributed by atoms with Gasteiger partial charge in [-0.3, -0.25) is 4.79 Å². The lowest BCUT2D eigenvalue weighted by Gasteiger charge is -2.15. The Labute approximate surface area is 181 Å². The second-order valence-corrected chi connectivity index (χ2v) is 7.74. The van der Waals surface area contributed by atoms with Crippen molar-refractivity contribution in [1.29, 1.82) is 0 Å². The van der Waals surface area contributed by atoms with E-state index < -0.39 is 0 Å². The molecule has 0 aliphatic rings. The predicted molar refractivity (Wildman–Crippen MR) is 117 cm³/mol. The number of rotatable bonds is 5. The summed E-state index contributed by atoms with van der Waals surface area (Å²) < 4.78 is 20.1. The molecule has 6 heteroatoms. The summed E-state index contributed by atoms with van der Waals surface area (Å²) in [7, 11) is 0. The van der Waals surface area contributed by atoms with E-state index in [1.54, 1.807) is 36.5 Å². The highest BCUT2D eigenvalue weighted by Crippen LogP contribution is 2.29. The standard InChI is InChI=1S/C24H18BrFN2O2/c1-15(16-8-12-19(26)13-9-16)28-23(29)20-4-2-3-5-21(20)24-27-14-22(30-24)17-6-10-18(25)11-7-17/h2-15H,1H3,(H,28,29)/t15-/m0/s1. The van der Waals surface area contributed by atoms with E-state index in [2.05, 4.69) is 26.2 Å². The highest BCUT2D eigenvalue weighted by Gasteiger charge is 2.19. The molecule has 1 N–H and O–H groups in total. The Hall–Kier alpha value is -3.25. The Balaban J connectivity index is 1.59. The predicted octanol–water partition coefficient (Wildman–Crippen LogP) is 6.40. The van der Waals surface area contributed by atoms with Crippen LogP contribution < -0.4 is 5.32 Å². The Morgan fingerprint density at radius 2 is 1.73 bits per heavy atom. The third-order valence-electron chi connectivity index (χ3n) is 4.75. The highest BCUT2D eigenvalue weighted by molar-refractivity contribution is 9.10. The quantitative estimate of drug-likeness (QED) is 0.371. The van der Waals surface area contributed by atoms with Gasteiger partial charge >= 0.3 is 0 Å². The molecule has 4 nitrogen and oxygen atoms in total. The molecule has 1 amide bonds. The number of carbonyl (C=O) groups excluding carboxylic acids is 1. The summed E-state index contributed by atoms with van der Waals surface area (Å²) in [6, 6.07) is 20.6. The molecule has 3 aromatic carbocycles. The molecule has 0 saturated carbocycles. The summed E-state index contributed by atoms with van der Waals surface area (Å²) in [5, 5.41) is 2.95. The zero-order valence-electron chi connectivity index (χ0n) is 16.1. The van der Waals surface area contributed by atoms with Crippen molar-refractivity contribution in [1.82, 2.24) is 10.3 Å². The first-order valence-electron chi connectivity index (χ1n) is 9.39. The molecule has 0 aliphatic heterocycles. The first kappa shape index (κ1) is 20.0. The SMILES string of the molecule is C[C@H](NC(=O)c1ccccc1-c1ncc(-c2ccc(Br)cc2)o1)c1ccc(F)cc1. The van der Waals surface area contributed by atoms with Gasteiger partial charge in [0.25, 0.3) is 5.91 Å². The zero-order valence-corrected chi connectivity index (χ0v) is 17.7. The maximum atomic E-state index is 13.2. The van der Waals surface area contributed by atoms with Crippen LogP contribution in [0.25, 0.3) is 22.8 Å². The van der Waals surface area contributed by atoms with E-state index in [-0.39, 0.29) is 17.8 Å². The van der Waals surface area contributed by atoms with E-state index in [1.165, 1.54) is 12.1 Å². The van der Waals surface area contributed by atoms with Crippen molar-refractivity contribution in [2.24, 2.45) is 0 Å². The van der Waals surface area contributed by atoms with Crippen LogP contribution >= 0.6 is 15.9 Å². The Morgan fingerprint density at radius 3 is 2.47 bits per heavy atom. The minimum atomic E-state index is -0.312. The van der Waals surface area contributed by atoms with Gasteiger partial charge < -0.3 is 9.73 Å². The van der Waals surface area contributed by atoms with E-state index in [0.717, 1.165) is 15.6 Å². The van der Waals surface area contributed by atoms with Gasteiger partial charge in [-0.15, -0.1) is 0 Å². The van der Waals surface area contributed by atoms with Gasteiger partial charge in [-0.05, 0) is 48.9 Å². The van der Waals surface area contributed by atoms with Crippen LogP contribution in [-0.2, 0) is 0 Å². The van der Waals surface area contributed by atoms with Gasteiger partial charge in [-0.1, -0.05) is 52.3 Å². The lowest BCUT2D eigenvalue weighted by molar-refractivity contribution is 0.0940. The summed E-state index contributed by atoms with van der Waals surface area (Å²) in [6.45, 7) is 1.85. The molecule has 1 atom stereocenters. The molecule has 0 unspecified atom stereocenters. The fraction of sp³-hybridized carbons (Fsp3) is 0.0833. The van der Waals surface area contributed by atoms with Gasteiger partial charge in [0, 0.05) is 15.6 Å². The molecular weight excluding hydrogens is 447 g/mol. The number of hydrogen-bond donors (Lipinski definition) is 1. The lowest BCUT2D eigenvalue weighted by atomic mass is 10.0. The number of aromatic nitrogens is 1. The molecule has 0 saturated heterocycles. The average molecular weight is 465 g/mol. The summed E-state index contributed by atoms with van der Waals surface area (Å²) >= 11 is 3.42. The van der Waals surface area contributed by atoms with Crippen molar-refractivity contribution in [2.45, 2.75) is 13.0 Å². The number of halogens is 2. The van der Waals surface area contributed by atoms with Gasteiger partial charge in [0.05, 0.1) is 17.8 Å². The van der Waals surface area contributed by atoms with Crippen molar-refractivity contribution in [3.8, 4) is 22.8 Å². The molecule has 4 aromatic rings. The largest absolute Gasteiger partial charge is 0.436 e. The number of amides is 1. The number of carbonyl (C=O) groups is 1. The zero-order chi connectivity index (χ0) is 21.1. The summed E-state index contributed by atoms with van der Waals surface area (Å²) in [4.78, 5) is 17.3. The Bertz CT molecular complexity index is 1170. The van der Waals surface area contributed by atoms with Crippen LogP contribution in [0.4, 0.5) is 4.39 Å². The monoisotopic (exact) mass is 464 g/mol. The van der Waals surface area contributed by atoms with Crippen LogP contribution in [0.3, 0.4) is 0 Å². The molecule has 150 valence electrons. The topological polar surface area (TPSA) is 55.1 Å². The van der Waals surface area contributed by atoms with Crippen LogP contribution in [0.1, 0.15) is 28.9 Å². The van der Waals surface area contributed by atoms with Crippen LogP contribution in [0.5, 0.6) is 0 Å². The maximum Gasteiger partial charge on any atom is 0.252 e. The summed E-state index contributed by atoms with van der Waals surface area (Å²) in [5.41, 5.74) is 2.76. The van der Waals surface area contributed by atoms with Crippen LogP contribution in [0.15, 0.2) is 87.9 Å². The third-order valence-corrected chi connectivity index (χ3v) is 5.28. The molecular formula is C24H18BrFN2O2. The summed E-state index contributed by atoms with van der Waals surface area (Å²) in [6.07, 6.45) is 1.65. The smallest absolute Gasteiger partial charge is 0.252 e. The molecule has 0 spiro atoms. The van der Waals surface area contributed by atoms with Crippen molar-refractivity contribution in [2.75, 3.05) is 0 Å². The number of oxazole rings is 1. The second kappa shape index (κ2) is 8.63. The lowest BCUT2D eigenvalue weighted by Crippen LogP contribution is -2.27. The van der Waals surface area contributed by atoms with Crippen molar-refractivity contribution < 1.29 is 13.6 Å². The van der Waals surface area contributed by atoms with E-state index in [4.69, 9.17) is 4.42 Å². The fourth-order valence-electron chi connectivity index (χ4n) is 3.12. The molecule has 0 bridgehead atoms. The van der Waals surface area contributed by atoms with Crippen LogP contribution in [0, 0.1) is 5.82 Å². The number of nitrogens with zero attached hydrogens (tertiary/aromatic N) is 1. The van der Waals surface area contributed by atoms with E-state index >= 15 is 0 Å². The van der Waals surface area contributed by atoms with E-state index in [0.29, 0.717) is 22.8 Å². The second-order valence-electron chi connectivity index (χ2n) is 6.83. The first-order valence-corrected chi connectivity index (χ1v) is 10.2. The van der Waals surface area contributed by atoms with Crippen LogP contribution in [0.2, 0.25) is 0 Å². The van der Waals surface area contributed by atoms with E-state index in [1.807, 2.05) is 37.3 Å². The van der Waals surface area contributed by atoms with Crippen molar-refractivity contribution in [3.63, 3.8) is 0 Å². The molecule has 0 radical (unpaired) electrons. The molecule has 4 rings (SSSR count). The molecule has 0 aliphatic carbocycles. The van der Waals surface area contributed by atoms with Gasteiger partial charge in [-0.2, -0.15) is 0 Å². The molecule has 0 fully saturated rings. The van der Waals surface area contributed by atoms with Crippen molar-refractivity contribution in [3.05, 3.63) is 100 Å². The van der Waals surface area contributed by atoms with Gasteiger partial charge in [0.15, 0.2) is 5.76 Å². The first-order chi connectivity index (χ1) is 14.5. The normalized spacial score (nSPS) is 11.8. The Kier molecular flexibility index (Phi) is 5.77. The molecule has 30 heavy (non-hydrogen) atoms. The molecule has 1 aromatic heterocycles. The number of nitrogens with one attached hydrogen (secondary N) is 1. The third kappa shape index (κ3) is 4.33. The average Bonchev–Trinajstić information content (AvgIpc) is 3.25. The van der Waals surface area contributed by atoms with Crippen LogP contribution in [-0.4, -0.2) is 10.9 Å². The highest BCUT2D eigenvalue weighted by atomic mass is 79.9. The molecule has 1 heterocycles. The Morgan fingerprint density at radius 1 is 1.03 bits per heavy atom. The fourth-order valence-corrected chi connectivity index (χ4v) is 3.39. The number of benzene rings is 3. The maximum absolute atomic E-state index is 13.2. The van der Waals surface area contributed by atoms with E-state index in [9.17, 15) is 9.18 Å². The number of hydrogen-bond acceptors (Lipinski definition) is 3. The van der Waals surface area contributed by atoms with Gasteiger partial charge in [-0.25, -0.2) is 9.37 Å². The minimum absolute atomic E-state index is 0.259. The minimum Gasteiger partial charge on any atom is -0.436 e. The summed E-state index contributed by atoms with van der Waals surface area (Å²) in [5.74, 6) is 0.416. The van der Waals surface area contributed by atoms with Gasteiger partial charge in [0.2, 0.25) is 5.89 Å².